The molecule has 0 radical (unpaired) electrons. The van der Waals surface area contributed by atoms with Gasteiger partial charge in [-0.15, -0.1) is 0 Å². The lowest BCUT2D eigenvalue weighted by atomic mass is 9.92. The van der Waals surface area contributed by atoms with Gasteiger partial charge in [-0.25, -0.2) is 0 Å². The number of carbonyl (C=O) groups is 2. The van der Waals surface area contributed by atoms with Crippen LogP contribution in [0.3, 0.4) is 0 Å². The van der Waals surface area contributed by atoms with Gasteiger partial charge < -0.3 is 10.0 Å². The van der Waals surface area contributed by atoms with Crippen molar-refractivity contribution in [2.24, 2.45) is 5.41 Å². The molecule has 1 amide bonds. The van der Waals surface area contributed by atoms with Crippen LogP contribution in [0.15, 0.2) is 30.3 Å². The van der Waals surface area contributed by atoms with Crippen molar-refractivity contribution in [1.29, 1.82) is 0 Å². The molecule has 0 spiro atoms. The number of carboxylic acids is 1. The van der Waals surface area contributed by atoms with E-state index in [2.05, 4.69) is 12.1 Å². The molecular weight excluding hydrogens is 254 g/mol. The van der Waals surface area contributed by atoms with Crippen molar-refractivity contribution in [2.75, 3.05) is 6.54 Å². The largest absolute Gasteiger partial charge is 0.480 e. The van der Waals surface area contributed by atoms with E-state index in [1.807, 2.05) is 25.1 Å². The van der Waals surface area contributed by atoms with Gasteiger partial charge in [-0.1, -0.05) is 30.3 Å². The van der Waals surface area contributed by atoms with Crippen molar-refractivity contribution < 1.29 is 14.7 Å². The van der Waals surface area contributed by atoms with E-state index in [9.17, 15) is 14.7 Å². The van der Waals surface area contributed by atoms with Crippen LogP contribution in [0, 0.1) is 5.41 Å². The molecule has 1 N–H and O–H groups in total. The molecule has 2 fully saturated rings. The fourth-order valence-corrected chi connectivity index (χ4v) is 3.29. The van der Waals surface area contributed by atoms with E-state index in [4.69, 9.17) is 0 Å². The number of nitrogens with zero attached hydrogens (tertiary/aromatic N) is 1. The van der Waals surface area contributed by atoms with Crippen LogP contribution >= 0.6 is 0 Å². The topological polar surface area (TPSA) is 57.6 Å². The fraction of sp³-hybridized carbons (Fsp3) is 0.500. The van der Waals surface area contributed by atoms with Gasteiger partial charge in [0.2, 0.25) is 5.91 Å². The molecule has 106 valence electrons. The lowest BCUT2D eigenvalue weighted by Crippen LogP contribution is -2.43. The summed E-state index contributed by atoms with van der Waals surface area (Å²) in [5, 5.41) is 9.26. The molecule has 20 heavy (non-hydrogen) atoms. The number of rotatable bonds is 3. The monoisotopic (exact) mass is 273 g/mol. The lowest BCUT2D eigenvalue weighted by molar-refractivity contribution is -0.153. The van der Waals surface area contributed by atoms with Crippen molar-refractivity contribution >= 4 is 11.9 Å². The minimum absolute atomic E-state index is 0.0710. The van der Waals surface area contributed by atoms with Crippen LogP contribution in [0.5, 0.6) is 0 Å². The van der Waals surface area contributed by atoms with E-state index in [0.717, 1.165) is 6.42 Å². The smallest absolute Gasteiger partial charge is 0.319 e. The Kier molecular flexibility index (Phi) is 3.04. The number of hydrogen-bond donors (Lipinski definition) is 1. The van der Waals surface area contributed by atoms with E-state index >= 15 is 0 Å². The SMILES string of the molecule is C[C@@H]1[C@@H](c2ccccc2)CCN1C(=O)C1(C(=O)O)CC1. The molecule has 4 heteroatoms. The molecule has 1 aromatic rings. The first-order valence-corrected chi connectivity index (χ1v) is 7.16. The molecular formula is C16H19NO3. The van der Waals surface area contributed by atoms with Gasteiger partial charge in [-0.2, -0.15) is 0 Å². The Balaban J connectivity index is 1.78. The Bertz CT molecular complexity index is 536. The fourth-order valence-electron chi connectivity index (χ4n) is 3.29. The Labute approximate surface area is 118 Å². The molecule has 0 unspecified atom stereocenters. The van der Waals surface area contributed by atoms with E-state index < -0.39 is 11.4 Å². The quantitative estimate of drug-likeness (QED) is 0.859. The van der Waals surface area contributed by atoms with E-state index in [1.165, 1.54) is 5.56 Å². The molecule has 0 bridgehead atoms. The molecule has 2 aliphatic rings. The highest BCUT2D eigenvalue weighted by atomic mass is 16.4. The van der Waals surface area contributed by atoms with Crippen LogP contribution in [0.4, 0.5) is 0 Å². The first-order valence-electron chi connectivity index (χ1n) is 7.16. The summed E-state index contributed by atoms with van der Waals surface area (Å²) in [4.78, 5) is 25.6. The molecule has 3 rings (SSSR count). The summed E-state index contributed by atoms with van der Waals surface area (Å²) in [6, 6.07) is 10.2. The van der Waals surface area contributed by atoms with Crippen molar-refractivity contribution in [3.8, 4) is 0 Å². The first kappa shape index (κ1) is 13.2. The molecule has 4 nitrogen and oxygen atoms in total. The van der Waals surface area contributed by atoms with Gasteiger partial charge in [0.15, 0.2) is 0 Å². The Morgan fingerprint density at radius 2 is 1.90 bits per heavy atom. The van der Waals surface area contributed by atoms with Gasteiger partial charge in [0, 0.05) is 18.5 Å². The molecule has 1 aromatic carbocycles. The molecule has 1 heterocycles. The maximum atomic E-state index is 12.5. The number of likely N-dealkylation sites (tertiary alicyclic amines) is 1. The first-order chi connectivity index (χ1) is 9.56. The second-order valence-electron chi connectivity index (χ2n) is 5.93. The van der Waals surface area contributed by atoms with Gasteiger partial charge in [-0.05, 0) is 31.7 Å². The molecule has 1 aliphatic carbocycles. The van der Waals surface area contributed by atoms with Gasteiger partial charge in [0.25, 0.3) is 0 Å². The Morgan fingerprint density at radius 3 is 2.45 bits per heavy atom. The van der Waals surface area contributed by atoms with Crippen molar-refractivity contribution in [2.45, 2.75) is 38.1 Å². The average molecular weight is 273 g/mol. The predicted octanol–water partition coefficient (Wildman–Crippen LogP) is 2.26. The molecule has 1 saturated carbocycles. The normalized spacial score (nSPS) is 27.4. The summed E-state index contributed by atoms with van der Waals surface area (Å²) in [5.41, 5.74) is 0.121. The van der Waals surface area contributed by atoms with Gasteiger partial charge >= 0.3 is 5.97 Å². The van der Waals surface area contributed by atoms with E-state index in [-0.39, 0.29) is 11.9 Å². The maximum absolute atomic E-state index is 12.5. The zero-order valence-corrected chi connectivity index (χ0v) is 11.6. The van der Waals surface area contributed by atoms with Crippen LogP contribution in [-0.4, -0.2) is 34.5 Å². The third kappa shape index (κ3) is 1.90. The second kappa shape index (κ2) is 4.62. The zero-order chi connectivity index (χ0) is 14.3. The van der Waals surface area contributed by atoms with Crippen LogP contribution in [0.1, 0.15) is 37.7 Å². The van der Waals surface area contributed by atoms with Crippen LogP contribution in [0.2, 0.25) is 0 Å². The summed E-state index contributed by atoms with van der Waals surface area (Å²) in [5.74, 6) is -0.835. The molecule has 0 aromatic heterocycles. The standard InChI is InChI=1S/C16H19NO3/c1-11-13(12-5-3-2-4-6-12)7-10-17(11)14(18)16(8-9-16)15(19)20/h2-6,11,13H,7-10H2,1H3,(H,19,20)/t11-,13+/m1/s1. The number of carbonyl (C=O) groups excluding carboxylic acids is 1. The van der Waals surface area contributed by atoms with Crippen LogP contribution < -0.4 is 0 Å². The van der Waals surface area contributed by atoms with E-state index in [1.54, 1.807) is 4.90 Å². The van der Waals surface area contributed by atoms with Gasteiger partial charge in [0.05, 0.1) is 0 Å². The minimum Gasteiger partial charge on any atom is -0.480 e. The average Bonchev–Trinajstić information content (AvgIpc) is 3.18. The van der Waals surface area contributed by atoms with Crippen molar-refractivity contribution in [3.63, 3.8) is 0 Å². The Hall–Kier alpha value is -1.84. The Morgan fingerprint density at radius 1 is 1.25 bits per heavy atom. The highest BCUT2D eigenvalue weighted by Crippen LogP contribution is 2.49. The third-order valence-electron chi connectivity index (χ3n) is 4.81. The number of hydrogen-bond acceptors (Lipinski definition) is 2. The summed E-state index contributed by atoms with van der Waals surface area (Å²) in [7, 11) is 0. The summed E-state index contributed by atoms with van der Waals surface area (Å²) < 4.78 is 0. The third-order valence-corrected chi connectivity index (χ3v) is 4.81. The van der Waals surface area contributed by atoms with Crippen LogP contribution in [-0.2, 0) is 9.59 Å². The van der Waals surface area contributed by atoms with Crippen molar-refractivity contribution in [1.82, 2.24) is 4.90 Å². The minimum atomic E-state index is -1.11. The lowest BCUT2D eigenvalue weighted by Gasteiger charge is -2.27. The number of benzene rings is 1. The summed E-state index contributed by atoms with van der Waals surface area (Å²) in [6.45, 7) is 2.69. The van der Waals surface area contributed by atoms with Crippen LogP contribution in [0.25, 0.3) is 0 Å². The van der Waals surface area contributed by atoms with Crippen molar-refractivity contribution in [3.05, 3.63) is 35.9 Å². The highest BCUT2D eigenvalue weighted by molar-refractivity contribution is 6.05. The molecule has 2 atom stereocenters. The van der Waals surface area contributed by atoms with Gasteiger partial charge in [-0.3, -0.25) is 9.59 Å². The zero-order valence-electron chi connectivity index (χ0n) is 11.6. The molecule has 1 aliphatic heterocycles. The predicted molar refractivity (Wildman–Crippen MR) is 74.3 cm³/mol. The number of carboxylic acid groups (broad SMARTS) is 1. The number of aliphatic carboxylic acids is 1. The summed E-state index contributed by atoms with van der Waals surface area (Å²) >= 11 is 0. The van der Waals surface area contributed by atoms with Gasteiger partial charge in [0.1, 0.15) is 5.41 Å². The second-order valence-corrected chi connectivity index (χ2v) is 5.93. The van der Waals surface area contributed by atoms with E-state index in [0.29, 0.717) is 25.3 Å². The number of amides is 1. The summed E-state index contributed by atoms with van der Waals surface area (Å²) in [6.07, 6.45) is 1.88. The maximum Gasteiger partial charge on any atom is 0.319 e. The molecule has 1 saturated heterocycles. The highest BCUT2D eigenvalue weighted by Gasteiger charge is 2.59.